The molecule has 0 spiro atoms. The molecule has 0 aliphatic rings. The second-order valence-electron chi connectivity index (χ2n) is 3.52. The normalized spacial score (nSPS) is 12.5. The number of rotatable bonds is 4. The third-order valence-corrected chi connectivity index (χ3v) is 2.51. The van der Waals surface area contributed by atoms with E-state index in [4.69, 9.17) is 17.4 Å². The van der Waals surface area contributed by atoms with Crippen LogP contribution in [0.4, 0.5) is 4.39 Å². The van der Waals surface area contributed by atoms with E-state index in [2.05, 4.69) is 12.0 Å². The minimum absolute atomic E-state index is 0.113. The Morgan fingerprint density at radius 2 is 2.33 bits per heavy atom. The molecule has 3 N–H and O–H groups in total. The highest BCUT2D eigenvalue weighted by molar-refractivity contribution is 6.31. The van der Waals surface area contributed by atoms with Crippen molar-refractivity contribution in [2.45, 2.75) is 19.4 Å². The molecule has 0 aliphatic heterocycles. The molecule has 82 valence electrons. The Balaban J connectivity index is 3.01. The molecule has 0 amide bonds. The molecular weight excluding hydrogens is 215 g/mol. The summed E-state index contributed by atoms with van der Waals surface area (Å²) in [7, 11) is 0. The SMILES string of the molecule is C=C(C)CC(NN)c1cccc(F)c1Cl. The molecule has 0 bridgehead atoms. The first-order chi connectivity index (χ1) is 7.06. The first-order valence-corrected chi connectivity index (χ1v) is 4.98. The van der Waals surface area contributed by atoms with E-state index < -0.39 is 5.82 Å². The maximum Gasteiger partial charge on any atom is 0.142 e. The van der Waals surface area contributed by atoms with Gasteiger partial charge in [-0.05, 0) is 25.0 Å². The number of benzene rings is 1. The molecule has 1 unspecified atom stereocenters. The summed E-state index contributed by atoms with van der Waals surface area (Å²) in [5.41, 5.74) is 4.22. The van der Waals surface area contributed by atoms with E-state index in [9.17, 15) is 4.39 Å². The predicted octanol–water partition coefficient (Wildman–Crippen LogP) is 2.95. The van der Waals surface area contributed by atoms with Crippen LogP contribution in [0.15, 0.2) is 30.4 Å². The maximum atomic E-state index is 13.2. The molecule has 2 nitrogen and oxygen atoms in total. The molecule has 1 rings (SSSR count). The van der Waals surface area contributed by atoms with Gasteiger partial charge in [-0.2, -0.15) is 0 Å². The second-order valence-corrected chi connectivity index (χ2v) is 3.90. The predicted molar refractivity (Wildman–Crippen MR) is 60.9 cm³/mol. The van der Waals surface area contributed by atoms with Crippen molar-refractivity contribution in [1.82, 2.24) is 5.43 Å². The van der Waals surface area contributed by atoms with Gasteiger partial charge in [0.05, 0.1) is 11.1 Å². The van der Waals surface area contributed by atoms with Gasteiger partial charge < -0.3 is 0 Å². The zero-order valence-corrected chi connectivity index (χ0v) is 9.31. The molecule has 4 heteroatoms. The van der Waals surface area contributed by atoms with Gasteiger partial charge in [-0.3, -0.25) is 11.3 Å². The minimum Gasteiger partial charge on any atom is -0.271 e. The zero-order valence-electron chi connectivity index (χ0n) is 8.56. The van der Waals surface area contributed by atoms with Gasteiger partial charge in [-0.1, -0.05) is 29.3 Å². The van der Waals surface area contributed by atoms with Crippen molar-refractivity contribution in [3.63, 3.8) is 0 Å². The number of halogens is 2. The van der Waals surface area contributed by atoms with Crippen LogP contribution >= 0.6 is 11.6 Å². The Morgan fingerprint density at radius 1 is 1.67 bits per heavy atom. The van der Waals surface area contributed by atoms with Crippen molar-refractivity contribution < 1.29 is 4.39 Å². The molecule has 0 aromatic heterocycles. The van der Waals surface area contributed by atoms with Gasteiger partial charge in [0.1, 0.15) is 5.82 Å². The smallest absolute Gasteiger partial charge is 0.142 e. The van der Waals surface area contributed by atoms with Crippen molar-refractivity contribution in [1.29, 1.82) is 0 Å². The fourth-order valence-corrected chi connectivity index (χ4v) is 1.65. The van der Waals surface area contributed by atoms with Crippen LogP contribution in [0.3, 0.4) is 0 Å². The van der Waals surface area contributed by atoms with Crippen molar-refractivity contribution in [2.24, 2.45) is 5.84 Å². The lowest BCUT2D eigenvalue weighted by molar-refractivity contribution is 0.543. The van der Waals surface area contributed by atoms with E-state index in [0.717, 1.165) is 5.57 Å². The Kier molecular flexibility index (Phi) is 4.27. The quantitative estimate of drug-likeness (QED) is 0.473. The zero-order chi connectivity index (χ0) is 11.4. The second kappa shape index (κ2) is 5.26. The van der Waals surface area contributed by atoms with Gasteiger partial charge in [0.25, 0.3) is 0 Å². The Labute approximate surface area is 93.9 Å². The summed E-state index contributed by atoms with van der Waals surface area (Å²) >= 11 is 5.85. The van der Waals surface area contributed by atoms with E-state index in [1.807, 2.05) is 6.92 Å². The Hall–Kier alpha value is -0.900. The summed E-state index contributed by atoms with van der Waals surface area (Å²) in [6, 6.07) is 4.48. The lowest BCUT2D eigenvalue weighted by atomic mass is 10.0. The van der Waals surface area contributed by atoms with Crippen molar-refractivity contribution >= 4 is 11.6 Å². The third kappa shape index (κ3) is 3.02. The van der Waals surface area contributed by atoms with Gasteiger partial charge in [0, 0.05) is 0 Å². The van der Waals surface area contributed by atoms with Crippen LogP contribution in [0.2, 0.25) is 5.02 Å². The molecule has 0 fully saturated rings. The molecule has 0 heterocycles. The van der Waals surface area contributed by atoms with Gasteiger partial charge in [-0.25, -0.2) is 4.39 Å². The average Bonchev–Trinajstić information content (AvgIpc) is 2.19. The van der Waals surface area contributed by atoms with E-state index in [1.54, 1.807) is 12.1 Å². The molecule has 0 aliphatic carbocycles. The monoisotopic (exact) mass is 228 g/mol. The molecule has 1 aromatic rings. The molecule has 1 aromatic carbocycles. The molecule has 15 heavy (non-hydrogen) atoms. The highest BCUT2D eigenvalue weighted by Crippen LogP contribution is 2.28. The number of hydrogen-bond donors (Lipinski definition) is 2. The fraction of sp³-hybridized carbons (Fsp3) is 0.273. The first-order valence-electron chi connectivity index (χ1n) is 4.60. The highest BCUT2D eigenvalue weighted by atomic mass is 35.5. The van der Waals surface area contributed by atoms with E-state index in [1.165, 1.54) is 6.07 Å². The van der Waals surface area contributed by atoms with E-state index in [0.29, 0.717) is 12.0 Å². The number of nitrogens with one attached hydrogen (secondary N) is 1. The summed E-state index contributed by atoms with van der Waals surface area (Å²) in [5, 5.41) is 0.113. The third-order valence-electron chi connectivity index (χ3n) is 2.11. The molecular formula is C11H14ClFN2. The lowest BCUT2D eigenvalue weighted by Crippen LogP contribution is -2.28. The highest BCUT2D eigenvalue weighted by Gasteiger charge is 2.15. The van der Waals surface area contributed by atoms with Gasteiger partial charge in [-0.15, -0.1) is 6.58 Å². The van der Waals surface area contributed by atoms with Gasteiger partial charge >= 0.3 is 0 Å². The van der Waals surface area contributed by atoms with Crippen LogP contribution in [0.25, 0.3) is 0 Å². The summed E-state index contributed by atoms with van der Waals surface area (Å²) < 4.78 is 13.2. The number of hydrogen-bond acceptors (Lipinski definition) is 2. The van der Waals surface area contributed by atoms with Crippen LogP contribution in [0, 0.1) is 5.82 Å². The lowest BCUT2D eigenvalue weighted by Gasteiger charge is -2.17. The summed E-state index contributed by atoms with van der Waals surface area (Å²) in [6.45, 7) is 5.67. The molecule has 0 radical (unpaired) electrons. The number of hydrazine groups is 1. The average molecular weight is 229 g/mol. The van der Waals surface area contributed by atoms with E-state index in [-0.39, 0.29) is 11.1 Å². The minimum atomic E-state index is -0.434. The van der Waals surface area contributed by atoms with Gasteiger partial charge in [0.2, 0.25) is 0 Å². The van der Waals surface area contributed by atoms with Gasteiger partial charge in [0.15, 0.2) is 0 Å². The standard InChI is InChI=1S/C11H14ClFN2/c1-7(2)6-10(15-14)8-4-3-5-9(13)11(8)12/h3-5,10,15H,1,6,14H2,2H3. The van der Waals surface area contributed by atoms with Crippen LogP contribution in [-0.2, 0) is 0 Å². The van der Waals surface area contributed by atoms with Crippen LogP contribution in [-0.4, -0.2) is 0 Å². The molecule has 0 saturated carbocycles. The molecule has 0 saturated heterocycles. The Bertz CT molecular complexity index is 366. The summed E-state index contributed by atoms with van der Waals surface area (Å²) in [6.07, 6.45) is 0.625. The first kappa shape index (κ1) is 12.2. The van der Waals surface area contributed by atoms with Crippen LogP contribution in [0.5, 0.6) is 0 Å². The van der Waals surface area contributed by atoms with Crippen LogP contribution in [0.1, 0.15) is 24.9 Å². The van der Waals surface area contributed by atoms with Crippen LogP contribution < -0.4 is 11.3 Å². The van der Waals surface area contributed by atoms with Crippen molar-refractivity contribution in [3.05, 3.63) is 46.8 Å². The summed E-state index contributed by atoms with van der Waals surface area (Å²) in [5.74, 6) is 4.97. The summed E-state index contributed by atoms with van der Waals surface area (Å²) in [4.78, 5) is 0. The fourth-order valence-electron chi connectivity index (χ4n) is 1.40. The Morgan fingerprint density at radius 3 is 2.87 bits per heavy atom. The molecule has 1 atom stereocenters. The van der Waals surface area contributed by atoms with Crippen molar-refractivity contribution in [2.75, 3.05) is 0 Å². The largest absolute Gasteiger partial charge is 0.271 e. The van der Waals surface area contributed by atoms with E-state index >= 15 is 0 Å². The maximum absolute atomic E-state index is 13.2. The van der Waals surface area contributed by atoms with Crippen molar-refractivity contribution in [3.8, 4) is 0 Å². The number of nitrogens with two attached hydrogens (primary N) is 1. The topological polar surface area (TPSA) is 38.0 Å².